The monoisotopic (exact) mass is 185 g/mol. The van der Waals surface area contributed by atoms with E-state index in [4.69, 9.17) is 5.26 Å². The molecule has 0 saturated carbocycles. The lowest BCUT2D eigenvalue weighted by Crippen LogP contribution is -2.12. The molecule has 0 spiro atoms. The lowest BCUT2D eigenvalue weighted by atomic mass is 10.5. The van der Waals surface area contributed by atoms with Crippen molar-refractivity contribution in [1.82, 2.24) is 0 Å². The van der Waals surface area contributed by atoms with Gasteiger partial charge in [-0.15, -0.1) is 0 Å². The van der Waals surface area contributed by atoms with Gasteiger partial charge in [-0.05, 0) is 0 Å². The van der Waals surface area contributed by atoms with Crippen molar-refractivity contribution in [3.63, 3.8) is 0 Å². The summed E-state index contributed by atoms with van der Waals surface area (Å²) < 4.78 is 9.16. The Morgan fingerprint density at radius 3 is 2.23 bits per heavy atom. The van der Waals surface area contributed by atoms with Gasteiger partial charge in [-0.3, -0.25) is 9.59 Å². The predicted molar refractivity (Wildman–Crippen MR) is 42.4 cm³/mol. The summed E-state index contributed by atoms with van der Waals surface area (Å²) in [6, 6.07) is 1.65. The summed E-state index contributed by atoms with van der Waals surface area (Å²) in [5.41, 5.74) is 0. The smallest absolute Gasteiger partial charge is 0.320 e. The van der Waals surface area contributed by atoms with Crippen LogP contribution in [0.25, 0.3) is 0 Å². The third-order valence-electron chi connectivity index (χ3n) is 1.12. The summed E-state index contributed by atoms with van der Waals surface area (Å²) in [5, 5.41) is 8.08. The molecule has 0 radical (unpaired) electrons. The van der Waals surface area contributed by atoms with Crippen LogP contribution in [0.5, 0.6) is 0 Å². The quantitative estimate of drug-likeness (QED) is 0.457. The maximum Gasteiger partial charge on any atom is 0.320 e. The molecule has 0 amide bonds. The van der Waals surface area contributed by atoms with Crippen molar-refractivity contribution in [1.29, 1.82) is 5.26 Å². The van der Waals surface area contributed by atoms with E-state index in [2.05, 4.69) is 9.47 Å². The SMILES string of the molecule is CCC(=O)OCCOC(=O)CC#N. The molecule has 13 heavy (non-hydrogen) atoms. The molecular formula is C8H11NO4. The second-order valence-electron chi connectivity index (χ2n) is 2.13. The molecule has 5 heteroatoms. The van der Waals surface area contributed by atoms with Crippen molar-refractivity contribution in [3.05, 3.63) is 0 Å². The minimum Gasteiger partial charge on any atom is -0.462 e. The maximum absolute atomic E-state index is 10.6. The largest absolute Gasteiger partial charge is 0.462 e. The molecule has 0 heterocycles. The molecule has 0 saturated heterocycles. The van der Waals surface area contributed by atoms with Gasteiger partial charge in [-0.1, -0.05) is 6.92 Å². The fourth-order valence-corrected chi connectivity index (χ4v) is 0.529. The van der Waals surface area contributed by atoms with Crippen LogP contribution in [0.2, 0.25) is 0 Å². The zero-order valence-electron chi connectivity index (χ0n) is 7.41. The van der Waals surface area contributed by atoms with Crippen LogP contribution in [0.1, 0.15) is 19.8 Å². The van der Waals surface area contributed by atoms with Crippen molar-refractivity contribution in [2.24, 2.45) is 0 Å². The van der Waals surface area contributed by atoms with Crippen LogP contribution in [-0.2, 0) is 19.1 Å². The second kappa shape index (κ2) is 7.10. The van der Waals surface area contributed by atoms with E-state index in [0.29, 0.717) is 6.42 Å². The van der Waals surface area contributed by atoms with E-state index in [1.54, 1.807) is 13.0 Å². The zero-order chi connectivity index (χ0) is 10.1. The van der Waals surface area contributed by atoms with E-state index < -0.39 is 5.97 Å². The van der Waals surface area contributed by atoms with Gasteiger partial charge >= 0.3 is 11.9 Å². The molecular weight excluding hydrogens is 174 g/mol. The van der Waals surface area contributed by atoms with Gasteiger partial charge in [0, 0.05) is 6.42 Å². The fraction of sp³-hybridized carbons (Fsp3) is 0.625. The van der Waals surface area contributed by atoms with Crippen LogP contribution in [0.4, 0.5) is 0 Å². The van der Waals surface area contributed by atoms with Crippen LogP contribution in [0.15, 0.2) is 0 Å². The van der Waals surface area contributed by atoms with E-state index in [0.717, 1.165) is 0 Å². The Kier molecular flexibility index (Phi) is 6.24. The van der Waals surface area contributed by atoms with E-state index >= 15 is 0 Å². The fourth-order valence-electron chi connectivity index (χ4n) is 0.529. The molecule has 0 aliphatic rings. The maximum atomic E-state index is 10.6. The average Bonchev–Trinajstić information content (AvgIpc) is 2.12. The summed E-state index contributed by atoms with van der Waals surface area (Å²) in [6.45, 7) is 1.72. The number of nitriles is 1. The first kappa shape index (κ1) is 11.4. The molecule has 0 fully saturated rings. The van der Waals surface area contributed by atoms with Crippen LogP contribution >= 0.6 is 0 Å². The Labute approximate surface area is 76.2 Å². The number of rotatable bonds is 5. The molecule has 0 aliphatic heterocycles. The number of carbonyl (C=O) groups excluding carboxylic acids is 2. The molecule has 0 N–H and O–H groups in total. The number of nitrogens with zero attached hydrogens (tertiary/aromatic N) is 1. The molecule has 0 aliphatic carbocycles. The van der Waals surface area contributed by atoms with Crippen LogP contribution in [0.3, 0.4) is 0 Å². The second-order valence-corrected chi connectivity index (χ2v) is 2.13. The zero-order valence-corrected chi connectivity index (χ0v) is 7.41. The van der Waals surface area contributed by atoms with E-state index in [1.165, 1.54) is 0 Å². The van der Waals surface area contributed by atoms with Crippen molar-refractivity contribution in [2.45, 2.75) is 19.8 Å². The van der Waals surface area contributed by atoms with Crippen molar-refractivity contribution < 1.29 is 19.1 Å². The Bertz CT molecular complexity index is 219. The lowest BCUT2D eigenvalue weighted by molar-refractivity contribution is -0.151. The highest BCUT2D eigenvalue weighted by Gasteiger charge is 2.02. The first-order valence-corrected chi connectivity index (χ1v) is 3.89. The highest BCUT2D eigenvalue weighted by molar-refractivity contribution is 5.71. The van der Waals surface area contributed by atoms with Crippen molar-refractivity contribution >= 4 is 11.9 Å². The Morgan fingerprint density at radius 2 is 1.77 bits per heavy atom. The summed E-state index contributed by atoms with van der Waals surface area (Å²) in [6.07, 6.45) is 0.0217. The standard InChI is InChI=1S/C8H11NO4/c1-2-7(10)12-5-6-13-8(11)3-4-9/h2-3,5-6H2,1H3. The molecule has 0 unspecified atom stereocenters. The van der Waals surface area contributed by atoms with Crippen LogP contribution in [0, 0.1) is 11.3 Å². The number of ether oxygens (including phenoxy) is 2. The molecule has 0 aromatic carbocycles. The highest BCUT2D eigenvalue weighted by atomic mass is 16.6. The van der Waals surface area contributed by atoms with Gasteiger partial charge in [0.1, 0.15) is 19.6 Å². The highest BCUT2D eigenvalue weighted by Crippen LogP contribution is 1.87. The van der Waals surface area contributed by atoms with Gasteiger partial charge in [-0.25, -0.2) is 0 Å². The number of carbonyl (C=O) groups is 2. The minimum absolute atomic E-state index is 0.00620. The van der Waals surface area contributed by atoms with Gasteiger partial charge in [0.05, 0.1) is 6.07 Å². The van der Waals surface area contributed by atoms with Crippen molar-refractivity contribution in [3.8, 4) is 6.07 Å². The summed E-state index contributed by atoms with van der Waals surface area (Å²) in [4.78, 5) is 21.1. The molecule has 0 atom stereocenters. The Hall–Kier alpha value is -1.57. The molecule has 0 aromatic rings. The van der Waals surface area contributed by atoms with Crippen molar-refractivity contribution in [2.75, 3.05) is 13.2 Å². The minimum atomic E-state index is -0.602. The summed E-state index contributed by atoms with van der Waals surface area (Å²) in [7, 11) is 0. The lowest BCUT2D eigenvalue weighted by Gasteiger charge is -2.03. The average molecular weight is 185 g/mol. The molecule has 0 aromatic heterocycles. The topological polar surface area (TPSA) is 76.4 Å². The Morgan fingerprint density at radius 1 is 1.23 bits per heavy atom. The van der Waals surface area contributed by atoms with Gasteiger partial charge in [-0.2, -0.15) is 5.26 Å². The normalized spacial score (nSPS) is 8.62. The van der Waals surface area contributed by atoms with Gasteiger partial charge in [0.15, 0.2) is 0 Å². The molecule has 0 rings (SSSR count). The first-order chi connectivity index (χ1) is 6.20. The van der Waals surface area contributed by atoms with Gasteiger partial charge < -0.3 is 9.47 Å². The van der Waals surface area contributed by atoms with Crippen LogP contribution in [-0.4, -0.2) is 25.2 Å². The summed E-state index contributed by atoms with van der Waals surface area (Å²) in [5.74, 6) is -0.939. The van der Waals surface area contributed by atoms with E-state index in [1.807, 2.05) is 0 Å². The predicted octanol–water partition coefficient (Wildman–Crippen LogP) is 0.396. The number of hydrogen-bond donors (Lipinski definition) is 0. The summed E-state index contributed by atoms with van der Waals surface area (Å²) >= 11 is 0. The molecule has 0 bridgehead atoms. The Balaban J connectivity index is 3.31. The molecule has 5 nitrogen and oxygen atoms in total. The van der Waals surface area contributed by atoms with Gasteiger partial charge in [0.2, 0.25) is 0 Å². The van der Waals surface area contributed by atoms with E-state index in [-0.39, 0.29) is 25.6 Å². The number of hydrogen-bond acceptors (Lipinski definition) is 5. The van der Waals surface area contributed by atoms with E-state index in [9.17, 15) is 9.59 Å². The van der Waals surface area contributed by atoms with Gasteiger partial charge in [0.25, 0.3) is 0 Å². The first-order valence-electron chi connectivity index (χ1n) is 3.89. The third-order valence-corrected chi connectivity index (χ3v) is 1.12. The molecule has 72 valence electrons. The van der Waals surface area contributed by atoms with Crippen LogP contribution < -0.4 is 0 Å². The number of esters is 2. The third kappa shape index (κ3) is 6.81.